The molecular weight excluding hydrogens is 314 g/mol. The molecule has 2 aromatic rings. The fraction of sp³-hybridized carbons (Fsp3) is 0.500. The third kappa shape index (κ3) is 3.28. The van der Waals surface area contributed by atoms with Crippen LogP contribution in [0.2, 0.25) is 0 Å². The smallest absolute Gasteiger partial charge is 0.226 e. The first-order chi connectivity index (χ1) is 12.2. The van der Waals surface area contributed by atoms with Crippen LogP contribution < -0.4 is 4.74 Å². The number of fused-ring (bicyclic) bond motifs is 1. The van der Waals surface area contributed by atoms with Crippen molar-refractivity contribution in [3.05, 3.63) is 36.0 Å². The maximum Gasteiger partial charge on any atom is 0.226 e. The van der Waals surface area contributed by atoms with E-state index >= 15 is 0 Å². The average molecular weight is 339 g/mol. The lowest BCUT2D eigenvalue weighted by molar-refractivity contribution is -0.135. The molecule has 0 spiro atoms. The molecule has 1 saturated carbocycles. The number of methoxy groups -OCH3 is 1. The second kappa shape index (κ2) is 6.90. The lowest BCUT2D eigenvalue weighted by Gasteiger charge is -2.23. The highest BCUT2D eigenvalue weighted by Crippen LogP contribution is 2.29. The van der Waals surface area contributed by atoms with Crippen molar-refractivity contribution in [1.82, 2.24) is 14.7 Å². The largest absolute Gasteiger partial charge is 0.497 e. The van der Waals surface area contributed by atoms with E-state index in [1.54, 1.807) is 7.11 Å². The SMILES string of the molecule is COc1cccc(-c2cc3n(n2)CCCN(C(=O)C2CCCC2)C3)c1. The van der Waals surface area contributed by atoms with Crippen LogP contribution in [-0.4, -0.2) is 34.2 Å². The first kappa shape index (κ1) is 16.2. The molecule has 0 unspecified atom stereocenters. The predicted molar refractivity (Wildman–Crippen MR) is 96.2 cm³/mol. The van der Waals surface area contributed by atoms with Crippen molar-refractivity contribution in [2.45, 2.75) is 45.2 Å². The summed E-state index contributed by atoms with van der Waals surface area (Å²) in [6.07, 6.45) is 5.47. The van der Waals surface area contributed by atoms with Gasteiger partial charge in [-0.05, 0) is 37.5 Å². The number of benzene rings is 1. The van der Waals surface area contributed by atoms with Gasteiger partial charge < -0.3 is 9.64 Å². The number of amides is 1. The third-order valence-electron chi connectivity index (χ3n) is 5.40. The maximum atomic E-state index is 12.8. The van der Waals surface area contributed by atoms with E-state index in [4.69, 9.17) is 9.84 Å². The minimum Gasteiger partial charge on any atom is -0.497 e. The van der Waals surface area contributed by atoms with Crippen molar-refractivity contribution in [1.29, 1.82) is 0 Å². The van der Waals surface area contributed by atoms with Crippen LogP contribution >= 0.6 is 0 Å². The van der Waals surface area contributed by atoms with Gasteiger partial charge in [-0.25, -0.2) is 0 Å². The Kier molecular flexibility index (Phi) is 4.47. The van der Waals surface area contributed by atoms with Gasteiger partial charge in [-0.15, -0.1) is 0 Å². The minimum atomic E-state index is 0.243. The Morgan fingerprint density at radius 1 is 1.16 bits per heavy atom. The Hall–Kier alpha value is -2.30. The quantitative estimate of drug-likeness (QED) is 0.860. The number of nitrogens with zero attached hydrogens (tertiary/aromatic N) is 3. The van der Waals surface area contributed by atoms with Crippen molar-refractivity contribution in [3.63, 3.8) is 0 Å². The van der Waals surface area contributed by atoms with Crippen LogP contribution in [-0.2, 0) is 17.9 Å². The van der Waals surface area contributed by atoms with Gasteiger partial charge in [0.15, 0.2) is 0 Å². The van der Waals surface area contributed by atoms with Gasteiger partial charge >= 0.3 is 0 Å². The fourth-order valence-corrected chi connectivity index (χ4v) is 4.00. The molecule has 0 N–H and O–H groups in total. The van der Waals surface area contributed by atoms with Gasteiger partial charge in [0.1, 0.15) is 5.75 Å². The summed E-state index contributed by atoms with van der Waals surface area (Å²) in [4.78, 5) is 14.9. The summed E-state index contributed by atoms with van der Waals surface area (Å²) >= 11 is 0. The summed E-state index contributed by atoms with van der Waals surface area (Å²) in [5.41, 5.74) is 3.12. The van der Waals surface area contributed by atoms with E-state index in [0.717, 1.165) is 55.1 Å². The van der Waals surface area contributed by atoms with E-state index in [1.807, 2.05) is 29.2 Å². The van der Waals surface area contributed by atoms with Gasteiger partial charge in [-0.1, -0.05) is 25.0 Å². The summed E-state index contributed by atoms with van der Waals surface area (Å²) < 4.78 is 7.38. The number of carbonyl (C=O) groups is 1. The molecular formula is C20H25N3O2. The molecule has 0 radical (unpaired) electrons. The topological polar surface area (TPSA) is 47.4 Å². The fourth-order valence-electron chi connectivity index (χ4n) is 4.00. The Morgan fingerprint density at radius 2 is 2.00 bits per heavy atom. The molecule has 1 aromatic heterocycles. The van der Waals surface area contributed by atoms with Crippen LogP contribution in [0.4, 0.5) is 0 Å². The Balaban J connectivity index is 1.57. The maximum absolute atomic E-state index is 12.8. The summed E-state index contributed by atoms with van der Waals surface area (Å²) in [6.45, 7) is 2.38. The lowest BCUT2D eigenvalue weighted by atomic mass is 10.1. The molecule has 0 saturated heterocycles. The molecule has 1 aliphatic heterocycles. The summed E-state index contributed by atoms with van der Waals surface area (Å²) in [5.74, 6) is 1.42. The molecule has 2 aliphatic rings. The summed E-state index contributed by atoms with van der Waals surface area (Å²) in [5, 5.41) is 4.77. The second-order valence-corrected chi connectivity index (χ2v) is 7.07. The molecule has 5 heteroatoms. The van der Waals surface area contributed by atoms with E-state index < -0.39 is 0 Å². The minimum absolute atomic E-state index is 0.243. The monoisotopic (exact) mass is 339 g/mol. The lowest BCUT2D eigenvalue weighted by Crippen LogP contribution is -2.35. The normalized spacial score (nSPS) is 18.0. The zero-order chi connectivity index (χ0) is 17.2. The molecule has 132 valence electrons. The molecule has 1 fully saturated rings. The van der Waals surface area contributed by atoms with Crippen molar-refractivity contribution >= 4 is 5.91 Å². The first-order valence-corrected chi connectivity index (χ1v) is 9.24. The molecule has 25 heavy (non-hydrogen) atoms. The van der Waals surface area contributed by atoms with Crippen LogP contribution in [0.1, 0.15) is 37.8 Å². The van der Waals surface area contributed by atoms with E-state index in [2.05, 4.69) is 10.7 Å². The van der Waals surface area contributed by atoms with Crippen LogP contribution in [0.25, 0.3) is 11.3 Å². The van der Waals surface area contributed by atoms with Gasteiger partial charge in [-0.2, -0.15) is 5.10 Å². The molecule has 5 nitrogen and oxygen atoms in total. The van der Waals surface area contributed by atoms with Gasteiger partial charge in [0.05, 0.1) is 25.0 Å². The average Bonchev–Trinajstić information content (AvgIpc) is 3.27. The molecule has 1 aliphatic carbocycles. The van der Waals surface area contributed by atoms with Crippen LogP contribution in [0.15, 0.2) is 30.3 Å². The number of aromatic nitrogens is 2. The highest BCUT2D eigenvalue weighted by atomic mass is 16.5. The van der Waals surface area contributed by atoms with E-state index in [0.29, 0.717) is 12.5 Å². The van der Waals surface area contributed by atoms with Crippen LogP contribution in [0.3, 0.4) is 0 Å². The molecule has 2 heterocycles. The molecule has 0 bridgehead atoms. The zero-order valence-corrected chi connectivity index (χ0v) is 14.8. The highest BCUT2D eigenvalue weighted by molar-refractivity contribution is 5.79. The Morgan fingerprint density at radius 3 is 2.80 bits per heavy atom. The van der Waals surface area contributed by atoms with E-state index in [9.17, 15) is 4.79 Å². The van der Waals surface area contributed by atoms with Crippen LogP contribution in [0.5, 0.6) is 5.75 Å². The number of carbonyl (C=O) groups excluding carboxylic acids is 1. The van der Waals surface area contributed by atoms with Gasteiger partial charge in [0, 0.05) is 24.6 Å². The van der Waals surface area contributed by atoms with Gasteiger partial charge in [0.2, 0.25) is 5.91 Å². The summed E-state index contributed by atoms with van der Waals surface area (Å²) in [7, 11) is 1.67. The molecule has 1 aromatic carbocycles. The molecule has 4 rings (SSSR count). The van der Waals surface area contributed by atoms with Crippen molar-refractivity contribution in [2.24, 2.45) is 5.92 Å². The summed E-state index contributed by atoms with van der Waals surface area (Å²) in [6, 6.07) is 10.1. The van der Waals surface area contributed by atoms with Crippen LogP contribution in [0, 0.1) is 5.92 Å². The Labute approximate surface area is 148 Å². The first-order valence-electron chi connectivity index (χ1n) is 9.24. The highest BCUT2D eigenvalue weighted by Gasteiger charge is 2.29. The predicted octanol–water partition coefficient (Wildman–Crippen LogP) is 3.48. The number of aryl methyl sites for hydroxylation is 1. The third-order valence-corrected chi connectivity index (χ3v) is 5.40. The number of hydrogen-bond donors (Lipinski definition) is 0. The van der Waals surface area contributed by atoms with Crippen molar-refractivity contribution in [3.8, 4) is 17.0 Å². The van der Waals surface area contributed by atoms with Crippen molar-refractivity contribution in [2.75, 3.05) is 13.7 Å². The number of rotatable bonds is 3. The van der Waals surface area contributed by atoms with Crippen molar-refractivity contribution < 1.29 is 9.53 Å². The number of ether oxygens (including phenoxy) is 1. The van der Waals surface area contributed by atoms with Gasteiger partial charge in [-0.3, -0.25) is 9.48 Å². The second-order valence-electron chi connectivity index (χ2n) is 7.07. The standard InChI is InChI=1S/C20H25N3O2/c1-25-18-9-4-8-16(12-18)19-13-17-14-22(10-5-11-23(17)21-19)20(24)15-6-2-3-7-15/h4,8-9,12-13,15H,2-3,5-7,10-11,14H2,1H3. The molecule has 1 amide bonds. The zero-order valence-electron chi connectivity index (χ0n) is 14.8. The van der Waals surface area contributed by atoms with E-state index in [1.165, 1.54) is 12.8 Å². The van der Waals surface area contributed by atoms with E-state index in [-0.39, 0.29) is 5.92 Å². The number of hydrogen-bond acceptors (Lipinski definition) is 3. The Bertz CT molecular complexity index is 762. The van der Waals surface area contributed by atoms with Gasteiger partial charge in [0.25, 0.3) is 0 Å². The molecule has 0 atom stereocenters.